The van der Waals surface area contributed by atoms with E-state index in [9.17, 15) is 19.2 Å². The minimum Gasteiger partial charge on any atom is -0.460 e. The van der Waals surface area contributed by atoms with Crippen LogP contribution in [0.5, 0.6) is 0 Å². The molecule has 0 aliphatic heterocycles. The quantitative estimate of drug-likeness (QED) is 0.226. The lowest BCUT2D eigenvalue weighted by Gasteiger charge is -2.27. The molecule has 7 nitrogen and oxygen atoms in total. The maximum atomic E-state index is 12.0. The lowest BCUT2D eigenvalue weighted by molar-refractivity contribution is -0.173. The maximum absolute atomic E-state index is 12.0. The van der Waals surface area contributed by atoms with Crippen LogP contribution in [0.15, 0.2) is 50.6 Å². The molecule has 0 rings (SSSR count). The lowest BCUT2D eigenvalue weighted by Crippen LogP contribution is -2.52. The second kappa shape index (κ2) is 10.0. The number of carbonyl (C=O) groups is 4. The first-order valence-corrected chi connectivity index (χ1v) is 6.44. The molecule has 0 N–H and O–H groups in total. The second-order valence-electron chi connectivity index (χ2n) is 4.01. The van der Waals surface area contributed by atoms with Crippen molar-refractivity contribution in [1.29, 1.82) is 0 Å². The molecule has 0 radical (unpaired) electrons. The van der Waals surface area contributed by atoms with Gasteiger partial charge in [0.15, 0.2) is 0 Å². The van der Waals surface area contributed by atoms with Crippen LogP contribution in [-0.4, -0.2) is 48.9 Å². The zero-order chi connectivity index (χ0) is 17.9. The van der Waals surface area contributed by atoms with Crippen molar-refractivity contribution >= 4 is 23.5 Å². The van der Waals surface area contributed by atoms with Crippen LogP contribution >= 0.6 is 0 Å². The number of hydrogen-bond donors (Lipinski definition) is 0. The number of carbonyl (C=O) groups excluding carboxylic acids is 4. The largest absolute Gasteiger partial charge is 0.460 e. The molecule has 0 aromatic rings. The number of ether oxygens (including phenoxy) is 3. The summed E-state index contributed by atoms with van der Waals surface area (Å²) in [7, 11) is 0. The van der Waals surface area contributed by atoms with Crippen LogP contribution in [0.25, 0.3) is 0 Å². The topological polar surface area (TPSA) is 96.0 Å². The molecule has 0 spiro atoms. The Morgan fingerprint density at radius 1 is 0.783 bits per heavy atom. The Labute approximate surface area is 133 Å². The Balaban J connectivity index is 5.08. The van der Waals surface area contributed by atoms with Crippen molar-refractivity contribution in [2.24, 2.45) is 0 Å². The molecule has 0 aliphatic rings. The van der Waals surface area contributed by atoms with E-state index in [4.69, 9.17) is 9.47 Å². The molecule has 7 heteroatoms. The molecule has 0 aromatic heterocycles. The molecule has 0 fully saturated rings. The van der Waals surface area contributed by atoms with E-state index in [1.807, 2.05) is 0 Å². The van der Waals surface area contributed by atoms with Crippen molar-refractivity contribution in [3.8, 4) is 0 Å². The van der Waals surface area contributed by atoms with E-state index < -0.39 is 35.7 Å². The van der Waals surface area contributed by atoms with Gasteiger partial charge in [0.05, 0.1) is 6.61 Å². The van der Waals surface area contributed by atoms with Crippen molar-refractivity contribution in [2.75, 3.05) is 19.8 Å². The van der Waals surface area contributed by atoms with Crippen LogP contribution in [0.4, 0.5) is 0 Å². The van der Waals surface area contributed by atoms with Crippen LogP contribution in [0.1, 0.15) is 0 Å². The van der Waals surface area contributed by atoms with Crippen molar-refractivity contribution in [3.05, 3.63) is 50.6 Å². The number of rotatable bonds is 12. The first kappa shape index (κ1) is 20.2. The van der Waals surface area contributed by atoms with Crippen LogP contribution in [0, 0.1) is 0 Å². The fourth-order valence-corrected chi connectivity index (χ4v) is 1.41. The van der Waals surface area contributed by atoms with Crippen molar-refractivity contribution < 1.29 is 33.4 Å². The van der Waals surface area contributed by atoms with Crippen LogP contribution < -0.4 is 0 Å². The molecular weight excluding hydrogens is 304 g/mol. The second-order valence-corrected chi connectivity index (χ2v) is 4.01. The number of esters is 2. The third-order valence-corrected chi connectivity index (χ3v) is 2.55. The highest BCUT2D eigenvalue weighted by atomic mass is 16.6. The standard InChI is InChI=1S/C16H18O7/c1-5-12(17)16(13(18)6-2,23-15(20)8-4)11-21-9-10-22-14(19)7-3/h5-8H,1-4,9-11H2. The predicted octanol–water partition coefficient (Wildman–Crippen LogP) is 0.710. The fourth-order valence-electron chi connectivity index (χ4n) is 1.41. The highest BCUT2D eigenvalue weighted by molar-refractivity contribution is 6.19. The molecule has 0 aromatic carbocycles. The highest BCUT2D eigenvalue weighted by Gasteiger charge is 2.46. The molecule has 0 heterocycles. The smallest absolute Gasteiger partial charge is 0.331 e. The predicted molar refractivity (Wildman–Crippen MR) is 81.4 cm³/mol. The van der Waals surface area contributed by atoms with Gasteiger partial charge in [-0.1, -0.05) is 26.3 Å². The highest BCUT2D eigenvalue weighted by Crippen LogP contribution is 2.18. The maximum Gasteiger partial charge on any atom is 0.331 e. The molecule has 0 bridgehead atoms. The van der Waals surface area contributed by atoms with E-state index in [1.165, 1.54) is 0 Å². The van der Waals surface area contributed by atoms with Gasteiger partial charge < -0.3 is 14.2 Å². The molecule has 0 atom stereocenters. The van der Waals surface area contributed by atoms with E-state index in [0.717, 1.165) is 24.3 Å². The Bertz CT molecular complexity index is 511. The summed E-state index contributed by atoms with van der Waals surface area (Å²) in [5, 5.41) is 0. The monoisotopic (exact) mass is 322 g/mol. The first-order valence-electron chi connectivity index (χ1n) is 6.44. The van der Waals surface area contributed by atoms with Gasteiger partial charge in [-0.25, -0.2) is 9.59 Å². The summed E-state index contributed by atoms with van der Waals surface area (Å²) in [5.74, 6) is -3.39. The molecule has 23 heavy (non-hydrogen) atoms. The van der Waals surface area contributed by atoms with Crippen molar-refractivity contribution in [3.63, 3.8) is 0 Å². The molecule has 0 saturated heterocycles. The molecule has 0 aliphatic carbocycles. The minimum absolute atomic E-state index is 0.137. The minimum atomic E-state index is -2.24. The molecule has 0 amide bonds. The van der Waals surface area contributed by atoms with Gasteiger partial charge in [0.1, 0.15) is 13.2 Å². The fraction of sp³-hybridized carbons (Fsp3) is 0.250. The van der Waals surface area contributed by atoms with E-state index in [-0.39, 0.29) is 13.2 Å². The van der Waals surface area contributed by atoms with E-state index in [1.54, 1.807) is 0 Å². The van der Waals surface area contributed by atoms with Crippen LogP contribution in [0.2, 0.25) is 0 Å². The molecular formula is C16H18O7. The number of ketones is 2. The van der Waals surface area contributed by atoms with Gasteiger partial charge >= 0.3 is 11.9 Å². The van der Waals surface area contributed by atoms with E-state index in [2.05, 4.69) is 31.1 Å². The van der Waals surface area contributed by atoms with Gasteiger partial charge in [-0.3, -0.25) is 9.59 Å². The lowest BCUT2D eigenvalue weighted by atomic mass is 9.93. The third-order valence-electron chi connectivity index (χ3n) is 2.55. The Kier molecular flexibility index (Phi) is 8.80. The average Bonchev–Trinajstić information content (AvgIpc) is 2.58. The average molecular weight is 322 g/mol. The summed E-state index contributed by atoms with van der Waals surface area (Å²) in [6.07, 6.45) is 3.43. The van der Waals surface area contributed by atoms with Crippen molar-refractivity contribution in [2.45, 2.75) is 5.60 Å². The zero-order valence-corrected chi connectivity index (χ0v) is 12.6. The number of hydrogen-bond acceptors (Lipinski definition) is 7. The normalized spacial score (nSPS) is 10.1. The van der Waals surface area contributed by atoms with Crippen LogP contribution in [-0.2, 0) is 33.4 Å². The first-order chi connectivity index (χ1) is 10.9. The molecule has 124 valence electrons. The van der Waals surface area contributed by atoms with Gasteiger partial charge in [0, 0.05) is 12.2 Å². The molecule has 0 saturated carbocycles. The van der Waals surface area contributed by atoms with Gasteiger partial charge in [-0.2, -0.15) is 0 Å². The van der Waals surface area contributed by atoms with Gasteiger partial charge in [0.25, 0.3) is 5.60 Å². The van der Waals surface area contributed by atoms with E-state index >= 15 is 0 Å². The Hall–Kier alpha value is -2.80. The summed E-state index contributed by atoms with van der Waals surface area (Å²) < 4.78 is 14.7. The summed E-state index contributed by atoms with van der Waals surface area (Å²) in [5.41, 5.74) is -2.24. The summed E-state index contributed by atoms with van der Waals surface area (Å²) >= 11 is 0. The summed E-state index contributed by atoms with van der Waals surface area (Å²) in [6, 6.07) is 0. The Morgan fingerprint density at radius 2 is 1.30 bits per heavy atom. The Morgan fingerprint density at radius 3 is 1.74 bits per heavy atom. The van der Waals surface area contributed by atoms with E-state index in [0.29, 0.717) is 0 Å². The zero-order valence-electron chi connectivity index (χ0n) is 12.6. The van der Waals surface area contributed by atoms with Gasteiger partial charge in [-0.15, -0.1) is 0 Å². The van der Waals surface area contributed by atoms with Crippen LogP contribution in [0.3, 0.4) is 0 Å². The summed E-state index contributed by atoms with van der Waals surface area (Å²) in [4.78, 5) is 46.3. The van der Waals surface area contributed by atoms with Gasteiger partial charge in [0.2, 0.25) is 11.6 Å². The SMILES string of the molecule is C=CC(=O)OCCOCC(OC(=O)C=C)(C(=O)C=C)C(=O)C=C. The molecule has 0 unspecified atom stereocenters. The van der Waals surface area contributed by atoms with Gasteiger partial charge in [-0.05, 0) is 12.2 Å². The third kappa shape index (κ3) is 5.84. The summed E-state index contributed by atoms with van der Waals surface area (Å²) in [6.45, 7) is 12.1. The van der Waals surface area contributed by atoms with Crippen molar-refractivity contribution in [1.82, 2.24) is 0 Å².